The van der Waals surface area contributed by atoms with Crippen LogP contribution >= 0.6 is 0 Å². The molecular weight excluding hydrogens is 373 g/mol. The first-order valence-corrected chi connectivity index (χ1v) is 9.26. The number of methoxy groups -OCH3 is 1. The summed E-state index contributed by atoms with van der Waals surface area (Å²) >= 11 is 0. The Hall–Kier alpha value is -3.26. The summed E-state index contributed by atoms with van der Waals surface area (Å²) in [7, 11) is 3.60. The highest BCUT2D eigenvalue weighted by atomic mass is 19.1. The number of likely N-dealkylation sites (N-methyl/N-ethyl adjacent to an activating group) is 1. The van der Waals surface area contributed by atoms with Crippen LogP contribution in [0.15, 0.2) is 54.9 Å². The Morgan fingerprint density at radius 3 is 2.62 bits per heavy atom. The SMILES string of the molecule is COCCN(C)c1ccc(CC(=O)Nc2ccn(Cc3ccc(F)cc3)n2)cn1. The van der Waals surface area contributed by atoms with E-state index in [1.54, 1.807) is 42.4 Å². The molecule has 152 valence electrons. The van der Waals surface area contributed by atoms with Crippen LogP contribution in [0, 0.1) is 5.82 Å². The minimum absolute atomic E-state index is 0.167. The molecule has 0 saturated heterocycles. The highest BCUT2D eigenvalue weighted by molar-refractivity contribution is 5.91. The van der Waals surface area contributed by atoms with Gasteiger partial charge in [-0.05, 0) is 29.3 Å². The van der Waals surface area contributed by atoms with Crippen molar-refractivity contribution in [3.8, 4) is 0 Å². The fourth-order valence-electron chi connectivity index (χ4n) is 2.76. The predicted molar refractivity (Wildman–Crippen MR) is 109 cm³/mol. The van der Waals surface area contributed by atoms with Gasteiger partial charge in [0.05, 0.1) is 19.6 Å². The number of rotatable bonds is 9. The van der Waals surface area contributed by atoms with Gasteiger partial charge in [-0.25, -0.2) is 9.37 Å². The zero-order valence-corrected chi connectivity index (χ0v) is 16.5. The van der Waals surface area contributed by atoms with Gasteiger partial charge in [-0.1, -0.05) is 18.2 Å². The van der Waals surface area contributed by atoms with E-state index in [-0.39, 0.29) is 18.1 Å². The molecule has 2 aromatic heterocycles. The third-order valence-corrected chi connectivity index (χ3v) is 4.36. The number of carbonyl (C=O) groups is 1. The van der Waals surface area contributed by atoms with E-state index in [0.717, 1.165) is 23.5 Å². The number of amides is 1. The number of hydrogen-bond acceptors (Lipinski definition) is 5. The van der Waals surface area contributed by atoms with Gasteiger partial charge in [0, 0.05) is 39.2 Å². The van der Waals surface area contributed by atoms with Crippen LogP contribution in [0.4, 0.5) is 16.0 Å². The predicted octanol–water partition coefficient (Wildman–Crippen LogP) is 2.73. The van der Waals surface area contributed by atoms with Gasteiger partial charge in [-0.15, -0.1) is 0 Å². The number of aromatic nitrogens is 3. The highest BCUT2D eigenvalue weighted by Crippen LogP contribution is 2.11. The smallest absolute Gasteiger partial charge is 0.230 e. The third-order valence-electron chi connectivity index (χ3n) is 4.36. The van der Waals surface area contributed by atoms with Gasteiger partial charge in [0.15, 0.2) is 5.82 Å². The maximum atomic E-state index is 13.0. The first-order valence-electron chi connectivity index (χ1n) is 9.26. The van der Waals surface area contributed by atoms with Crippen molar-refractivity contribution in [2.75, 3.05) is 37.5 Å². The topological polar surface area (TPSA) is 72.3 Å². The maximum absolute atomic E-state index is 13.0. The summed E-state index contributed by atoms with van der Waals surface area (Å²) in [5.74, 6) is 0.859. The van der Waals surface area contributed by atoms with Crippen molar-refractivity contribution in [2.24, 2.45) is 0 Å². The molecule has 0 bridgehead atoms. The van der Waals surface area contributed by atoms with Crippen molar-refractivity contribution in [1.29, 1.82) is 0 Å². The zero-order valence-electron chi connectivity index (χ0n) is 16.5. The molecule has 1 aromatic carbocycles. The standard InChI is InChI=1S/C21H24FN5O2/c1-26(11-12-29-2)20-8-5-17(14-23-20)13-21(28)24-19-9-10-27(25-19)15-16-3-6-18(22)7-4-16/h3-10,14H,11-13,15H2,1-2H3,(H,24,25,28). The average molecular weight is 397 g/mol. The Bertz CT molecular complexity index is 925. The molecule has 1 N–H and O–H groups in total. The van der Waals surface area contributed by atoms with Crippen LogP contribution in [0.25, 0.3) is 0 Å². The molecule has 0 atom stereocenters. The van der Waals surface area contributed by atoms with E-state index >= 15 is 0 Å². The molecule has 0 saturated carbocycles. The van der Waals surface area contributed by atoms with Crippen molar-refractivity contribution in [3.63, 3.8) is 0 Å². The van der Waals surface area contributed by atoms with Crippen LogP contribution in [0.3, 0.4) is 0 Å². The number of ether oxygens (including phenoxy) is 1. The third kappa shape index (κ3) is 6.11. The van der Waals surface area contributed by atoms with Crippen molar-refractivity contribution in [3.05, 3.63) is 71.8 Å². The fourth-order valence-corrected chi connectivity index (χ4v) is 2.76. The van der Waals surface area contributed by atoms with Crippen molar-refractivity contribution in [1.82, 2.24) is 14.8 Å². The van der Waals surface area contributed by atoms with Crippen LogP contribution < -0.4 is 10.2 Å². The zero-order chi connectivity index (χ0) is 20.6. The first-order chi connectivity index (χ1) is 14.0. The van der Waals surface area contributed by atoms with Gasteiger partial charge in [0.1, 0.15) is 11.6 Å². The van der Waals surface area contributed by atoms with Gasteiger partial charge >= 0.3 is 0 Å². The molecule has 3 aromatic rings. The fraction of sp³-hybridized carbons (Fsp3) is 0.286. The molecule has 0 fully saturated rings. The molecule has 3 rings (SSSR count). The second-order valence-electron chi connectivity index (χ2n) is 6.69. The summed E-state index contributed by atoms with van der Waals surface area (Å²) in [5, 5.41) is 7.12. The maximum Gasteiger partial charge on any atom is 0.230 e. The average Bonchev–Trinajstić information content (AvgIpc) is 3.15. The Morgan fingerprint density at radius 1 is 1.17 bits per heavy atom. The lowest BCUT2D eigenvalue weighted by molar-refractivity contribution is -0.115. The van der Waals surface area contributed by atoms with Crippen LogP contribution in [0.5, 0.6) is 0 Å². The van der Waals surface area contributed by atoms with Gasteiger partial charge in [0.25, 0.3) is 0 Å². The number of halogens is 1. The number of pyridine rings is 1. The van der Waals surface area contributed by atoms with E-state index in [0.29, 0.717) is 19.0 Å². The number of nitrogens with zero attached hydrogens (tertiary/aromatic N) is 4. The number of anilines is 2. The van der Waals surface area contributed by atoms with Crippen molar-refractivity contribution >= 4 is 17.5 Å². The van der Waals surface area contributed by atoms with Gasteiger partial charge in [0.2, 0.25) is 5.91 Å². The summed E-state index contributed by atoms with van der Waals surface area (Å²) in [6.07, 6.45) is 3.68. The minimum Gasteiger partial charge on any atom is -0.383 e. The molecule has 0 radical (unpaired) electrons. The molecule has 7 nitrogen and oxygen atoms in total. The van der Waals surface area contributed by atoms with E-state index in [2.05, 4.69) is 15.4 Å². The molecule has 0 spiro atoms. The molecular formula is C21H24FN5O2. The molecule has 0 aliphatic heterocycles. The molecule has 8 heteroatoms. The Kier molecular flexibility index (Phi) is 6.91. The summed E-state index contributed by atoms with van der Waals surface area (Å²) < 4.78 is 19.7. The van der Waals surface area contributed by atoms with Gasteiger partial charge in [-0.3, -0.25) is 9.48 Å². The van der Waals surface area contributed by atoms with E-state index < -0.39 is 0 Å². The van der Waals surface area contributed by atoms with Crippen molar-refractivity contribution in [2.45, 2.75) is 13.0 Å². The van der Waals surface area contributed by atoms with Gasteiger partial charge < -0.3 is 15.0 Å². The summed E-state index contributed by atoms with van der Waals surface area (Å²) in [5.41, 5.74) is 1.74. The van der Waals surface area contributed by atoms with E-state index in [1.807, 2.05) is 24.1 Å². The monoisotopic (exact) mass is 397 g/mol. The quantitative estimate of drug-likeness (QED) is 0.601. The molecule has 1 amide bonds. The van der Waals surface area contributed by atoms with Crippen LogP contribution in [0.2, 0.25) is 0 Å². The first kappa shape index (κ1) is 20.5. The Morgan fingerprint density at radius 2 is 1.93 bits per heavy atom. The largest absolute Gasteiger partial charge is 0.383 e. The Labute approximate surface area is 169 Å². The van der Waals surface area contributed by atoms with Crippen molar-refractivity contribution < 1.29 is 13.9 Å². The van der Waals surface area contributed by atoms with Gasteiger partial charge in [-0.2, -0.15) is 5.10 Å². The number of carbonyl (C=O) groups excluding carboxylic acids is 1. The molecule has 0 aliphatic rings. The number of hydrogen-bond donors (Lipinski definition) is 1. The lowest BCUT2D eigenvalue weighted by atomic mass is 10.2. The number of benzene rings is 1. The summed E-state index contributed by atoms with van der Waals surface area (Å²) in [6, 6.07) is 11.7. The summed E-state index contributed by atoms with van der Waals surface area (Å²) in [4.78, 5) is 18.7. The van der Waals surface area contributed by atoms with E-state index in [9.17, 15) is 9.18 Å². The highest BCUT2D eigenvalue weighted by Gasteiger charge is 2.08. The lowest BCUT2D eigenvalue weighted by Crippen LogP contribution is -2.23. The normalized spacial score (nSPS) is 10.7. The molecule has 0 aliphatic carbocycles. The second-order valence-corrected chi connectivity index (χ2v) is 6.69. The summed E-state index contributed by atoms with van der Waals surface area (Å²) in [6.45, 7) is 1.86. The Balaban J connectivity index is 1.51. The van der Waals surface area contributed by atoms with Crippen LogP contribution in [-0.2, 0) is 22.5 Å². The van der Waals surface area contributed by atoms with E-state index in [4.69, 9.17) is 4.74 Å². The molecule has 29 heavy (non-hydrogen) atoms. The van der Waals surface area contributed by atoms with E-state index in [1.165, 1.54) is 12.1 Å². The van der Waals surface area contributed by atoms with Crippen LogP contribution in [0.1, 0.15) is 11.1 Å². The lowest BCUT2D eigenvalue weighted by Gasteiger charge is -2.17. The second kappa shape index (κ2) is 9.79. The minimum atomic E-state index is -0.272. The molecule has 0 unspecified atom stereocenters. The van der Waals surface area contributed by atoms with Crippen LogP contribution in [-0.4, -0.2) is 48.0 Å². The molecule has 2 heterocycles. The number of nitrogens with one attached hydrogen (secondary N) is 1.